The number of carbonyl (C=O) groups is 1. The van der Waals surface area contributed by atoms with E-state index in [4.69, 9.17) is 5.73 Å². The van der Waals surface area contributed by atoms with Crippen LogP contribution in [0.5, 0.6) is 0 Å². The Bertz CT molecular complexity index is 350. The van der Waals surface area contributed by atoms with Crippen LogP contribution in [0.15, 0.2) is 30.3 Å². The summed E-state index contributed by atoms with van der Waals surface area (Å²) in [5.74, 6) is 0.489. The molecular formula is C14H22N2O. The highest BCUT2D eigenvalue weighted by Crippen LogP contribution is 2.13. The first-order valence-electron chi connectivity index (χ1n) is 6.11. The third kappa shape index (κ3) is 3.86. The van der Waals surface area contributed by atoms with Gasteiger partial charge in [-0.15, -0.1) is 0 Å². The standard InChI is InChI=1S/C14H22N2O/c1-4-11(2)10-16(3)14(17)13(15)12-8-6-5-7-9-12/h5-9,11,13H,4,10,15H2,1-3H3/t11?,13-/m1/s1. The number of likely N-dealkylation sites (N-methyl/N-ethyl adjacent to an activating group) is 1. The van der Waals surface area contributed by atoms with Crippen molar-refractivity contribution in [1.82, 2.24) is 4.90 Å². The Morgan fingerprint density at radius 3 is 2.47 bits per heavy atom. The summed E-state index contributed by atoms with van der Waals surface area (Å²) in [6, 6.07) is 8.95. The molecule has 0 aliphatic carbocycles. The highest BCUT2D eigenvalue weighted by atomic mass is 16.2. The Labute approximate surface area is 104 Å². The monoisotopic (exact) mass is 234 g/mol. The van der Waals surface area contributed by atoms with E-state index in [0.717, 1.165) is 18.5 Å². The number of nitrogens with zero attached hydrogens (tertiary/aromatic N) is 1. The van der Waals surface area contributed by atoms with Gasteiger partial charge < -0.3 is 10.6 Å². The predicted molar refractivity (Wildman–Crippen MR) is 70.5 cm³/mol. The first kappa shape index (κ1) is 13.7. The smallest absolute Gasteiger partial charge is 0.243 e. The second-order valence-corrected chi connectivity index (χ2v) is 4.62. The van der Waals surface area contributed by atoms with E-state index in [1.807, 2.05) is 37.4 Å². The maximum Gasteiger partial charge on any atom is 0.243 e. The molecule has 0 aliphatic heterocycles. The van der Waals surface area contributed by atoms with Crippen molar-refractivity contribution in [2.75, 3.05) is 13.6 Å². The lowest BCUT2D eigenvalue weighted by Crippen LogP contribution is -2.38. The molecule has 1 unspecified atom stereocenters. The first-order chi connectivity index (χ1) is 8.06. The molecule has 0 heterocycles. The number of benzene rings is 1. The van der Waals surface area contributed by atoms with E-state index in [1.54, 1.807) is 4.90 Å². The largest absolute Gasteiger partial charge is 0.344 e. The molecular weight excluding hydrogens is 212 g/mol. The number of carbonyl (C=O) groups excluding carboxylic acids is 1. The fourth-order valence-electron chi connectivity index (χ4n) is 1.73. The molecule has 1 amide bonds. The zero-order valence-electron chi connectivity index (χ0n) is 10.9. The van der Waals surface area contributed by atoms with Gasteiger partial charge in [0.15, 0.2) is 0 Å². The van der Waals surface area contributed by atoms with Gasteiger partial charge in [0.25, 0.3) is 0 Å². The lowest BCUT2D eigenvalue weighted by molar-refractivity contribution is -0.131. The van der Waals surface area contributed by atoms with E-state index >= 15 is 0 Å². The Balaban J connectivity index is 2.64. The number of hydrogen-bond acceptors (Lipinski definition) is 2. The van der Waals surface area contributed by atoms with Crippen LogP contribution >= 0.6 is 0 Å². The summed E-state index contributed by atoms with van der Waals surface area (Å²) in [5.41, 5.74) is 6.83. The van der Waals surface area contributed by atoms with E-state index in [0.29, 0.717) is 5.92 Å². The van der Waals surface area contributed by atoms with Crippen molar-refractivity contribution < 1.29 is 4.79 Å². The average Bonchev–Trinajstić information content (AvgIpc) is 2.37. The molecule has 0 bridgehead atoms. The number of amides is 1. The SMILES string of the molecule is CCC(C)CN(C)C(=O)[C@H](N)c1ccccc1. The van der Waals surface area contributed by atoms with E-state index < -0.39 is 6.04 Å². The van der Waals surface area contributed by atoms with Crippen molar-refractivity contribution in [3.63, 3.8) is 0 Å². The first-order valence-corrected chi connectivity index (χ1v) is 6.11. The highest BCUT2D eigenvalue weighted by molar-refractivity contribution is 5.82. The molecule has 0 radical (unpaired) electrons. The quantitative estimate of drug-likeness (QED) is 0.849. The zero-order chi connectivity index (χ0) is 12.8. The lowest BCUT2D eigenvalue weighted by Gasteiger charge is -2.24. The molecule has 3 nitrogen and oxygen atoms in total. The predicted octanol–water partition coefficient (Wildman–Crippen LogP) is 2.19. The number of rotatable bonds is 5. The maximum atomic E-state index is 12.1. The molecule has 17 heavy (non-hydrogen) atoms. The third-order valence-electron chi connectivity index (χ3n) is 3.08. The van der Waals surface area contributed by atoms with Gasteiger partial charge in [-0.3, -0.25) is 4.79 Å². The van der Waals surface area contributed by atoms with Crippen LogP contribution in [-0.2, 0) is 4.79 Å². The maximum absolute atomic E-state index is 12.1. The van der Waals surface area contributed by atoms with Gasteiger partial charge in [0.1, 0.15) is 6.04 Å². The van der Waals surface area contributed by atoms with Gasteiger partial charge in [0, 0.05) is 13.6 Å². The summed E-state index contributed by atoms with van der Waals surface area (Å²) in [4.78, 5) is 13.8. The molecule has 0 aromatic heterocycles. The van der Waals surface area contributed by atoms with Crippen LogP contribution in [0, 0.1) is 5.92 Å². The topological polar surface area (TPSA) is 46.3 Å². The molecule has 0 spiro atoms. The van der Waals surface area contributed by atoms with Crippen molar-refractivity contribution in [2.45, 2.75) is 26.3 Å². The van der Waals surface area contributed by atoms with Crippen molar-refractivity contribution >= 4 is 5.91 Å². The minimum absolute atomic E-state index is 0.0171. The molecule has 1 aromatic rings. The number of hydrogen-bond donors (Lipinski definition) is 1. The molecule has 0 saturated heterocycles. The Kier molecular flexibility index (Phi) is 5.16. The van der Waals surface area contributed by atoms with Crippen molar-refractivity contribution in [1.29, 1.82) is 0 Å². The van der Waals surface area contributed by atoms with Crippen molar-refractivity contribution in [2.24, 2.45) is 11.7 Å². The summed E-state index contributed by atoms with van der Waals surface area (Å²) in [7, 11) is 1.82. The molecule has 2 atom stereocenters. The van der Waals surface area contributed by atoms with Gasteiger partial charge >= 0.3 is 0 Å². The van der Waals surface area contributed by atoms with Gasteiger partial charge in [-0.25, -0.2) is 0 Å². The average molecular weight is 234 g/mol. The fraction of sp³-hybridized carbons (Fsp3) is 0.500. The van der Waals surface area contributed by atoms with E-state index in [1.165, 1.54) is 0 Å². The van der Waals surface area contributed by atoms with Gasteiger partial charge in [0.05, 0.1) is 0 Å². The van der Waals surface area contributed by atoms with Gasteiger partial charge in [-0.05, 0) is 11.5 Å². The number of nitrogens with two attached hydrogens (primary N) is 1. The summed E-state index contributed by atoms with van der Waals surface area (Å²) in [6.07, 6.45) is 1.07. The molecule has 0 saturated carbocycles. The highest BCUT2D eigenvalue weighted by Gasteiger charge is 2.20. The van der Waals surface area contributed by atoms with Crippen LogP contribution < -0.4 is 5.73 Å². The van der Waals surface area contributed by atoms with Crippen LogP contribution in [0.4, 0.5) is 0 Å². The summed E-state index contributed by atoms with van der Waals surface area (Å²) in [5, 5.41) is 0. The molecule has 2 N–H and O–H groups in total. The van der Waals surface area contributed by atoms with Gasteiger partial charge in [-0.1, -0.05) is 50.6 Å². The lowest BCUT2D eigenvalue weighted by atomic mass is 10.1. The van der Waals surface area contributed by atoms with Gasteiger partial charge in [-0.2, -0.15) is 0 Å². The van der Waals surface area contributed by atoms with Crippen LogP contribution in [0.25, 0.3) is 0 Å². The van der Waals surface area contributed by atoms with Crippen molar-refractivity contribution in [3.05, 3.63) is 35.9 Å². The third-order valence-corrected chi connectivity index (χ3v) is 3.08. The fourth-order valence-corrected chi connectivity index (χ4v) is 1.73. The van der Waals surface area contributed by atoms with Crippen molar-refractivity contribution in [3.8, 4) is 0 Å². The molecule has 3 heteroatoms. The van der Waals surface area contributed by atoms with Crippen LogP contribution in [0.1, 0.15) is 31.9 Å². The van der Waals surface area contributed by atoms with E-state index in [-0.39, 0.29) is 5.91 Å². The molecule has 0 fully saturated rings. The normalized spacial score (nSPS) is 14.1. The van der Waals surface area contributed by atoms with E-state index in [2.05, 4.69) is 13.8 Å². The summed E-state index contributed by atoms with van der Waals surface area (Å²) in [6.45, 7) is 5.02. The second kappa shape index (κ2) is 6.40. The molecule has 94 valence electrons. The Hall–Kier alpha value is -1.35. The summed E-state index contributed by atoms with van der Waals surface area (Å²) >= 11 is 0. The van der Waals surface area contributed by atoms with Gasteiger partial charge in [0.2, 0.25) is 5.91 Å². The van der Waals surface area contributed by atoms with Crippen LogP contribution in [-0.4, -0.2) is 24.4 Å². The molecule has 0 aliphatic rings. The minimum Gasteiger partial charge on any atom is -0.344 e. The molecule has 1 aromatic carbocycles. The summed E-state index contributed by atoms with van der Waals surface area (Å²) < 4.78 is 0. The van der Waals surface area contributed by atoms with Crippen LogP contribution in [0.3, 0.4) is 0 Å². The second-order valence-electron chi connectivity index (χ2n) is 4.62. The van der Waals surface area contributed by atoms with E-state index in [9.17, 15) is 4.79 Å². The zero-order valence-corrected chi connectivity index (χ0v) is 10.9. The minimum atomic E-state index is -0.551. The Morgan fingerprint density at radius 1 is 1.35 bits per heavy atom. The Morgan fingerprint density at radius 2 is 1.94 bits per heavy atom. The molecule has 1 rings (SSSR count). The van der Waals surface area contributed by atoms with Crippen LogP contribution in [0.2, 0.25) is 0 Å².